The molecule has 0 fully saturated rings. The van der Waals surface area contributed by atoms with Crippen LogP contribution in [0.2, 0.25) is 5.02 Å². The summed E-state index contributed by atoms with van der Waals surface area (Å²) in [5, 5.41) is 0.487. The van der Waals surface area contributed by atoms with Crippen LogP contribution >= 0.6 is 11.6 Å². The number of aliphatic imine (C=N–C) groups is 1. The molecule has 92 valence electrons. The minimum absolute atomic E-state index is 0.291. The van der Waals surface area contributed by atoms with E-state index in [1.807, 2.05) is 0 Å². The molecule has 0 radical (unpaired) electrons. The number of carbonyl (C=O) groups is 2. The van der Waals surface area contributed by atoms with Gasteiger partial charge >= 0.3 is 5.97 Å². The lowest BCUT2D eigenvalue weighted by Gasteiger charge is -2.14. The molecule has 0 spiro atoms. The van der Waals surface area contributed by atoms with Gasteiger partial charge in [-0.3, -0.25) is 9.59 Å². The molecule has 0 N–H and O–H groups in total. The van der Waals surface area contributed by atoms with E-state index < -0.39 is 11.9 Å². The topological polar surface area (TPSA) is 68.6 Å². The van der Waals surface area contributed by atoms with Crippen LogP contribution in [0.15, 0.2) is 35.2 Å². The van der Waals surface area contributed by atoms with Crippen LogP contribution < -0.4 is 0 Å². The van der Waals surface area contributed by atoms with Crippen LogP contribution in [0.4, 0.5) is 5.82 Å². The molecule has 1 aromatic rings. The summed E-state index contributed by atoms with van der Waals surface area (Å²) in [7, 11) is 0. The molecular weight excluding hydrogens is 256 g/mol. The summed E-state index contributed by atoms with van der Waals surface area (Å²) in [6.07, 6.45) is 3.93. The molecule has 1 aromatic heterocycles. The van der Waals surface area contributed by atoms with Gasteiger partial charge in [-0.15, -0.1) is 0 Å². The number of allylic oxidation sites excluding steroid dienone is 2. The third-order valence-electron chi connectivity index (χ3n) is 2.24. The molecule has 0 saturated carbocycles. The van der Waals surface area contributed by atoms with E-state index in [2.05, 4.69) is 9.98 Å². The van der Waals surface area contributed by atoms with Crippen LogP contribution in [-0.4, -0.2) is 23.0 Å². The highest BCUT2D eigenvalue weighted by molar-refractivity contribution is 6.30. The first-order chi connectivity index (χ1) is 8.56. The summed E-state index contributed by atoms with van der Waals surface area (Å²) in [6, 6.07) is 3.20. The van der Waals surface area contributed by atoms with Crippen molar-refractivity contribution in [1.29, 1.82) is 0 Å². The predicted molar refractivity (Wildman–Crippen MR) is 65.7 cm³/mol. The first kappa shape index (κ1) is 12.4. The van der Waals surface area contributed by atoms with Crippen molar-refractivity contribution in [2.45, 2.75) is 6.92 Å². The number of aromatic nitrogens is 1. The fourth-order valence-corrected chi connectivity index (χ4v) is 1.50. The zero-order valence-electron chi connectivity index (χ0n) is 9.46. The molecule has 1 unspecified atom stereocenters. The Bertz CT molecular complexity index is 549. The highest BCUT2D eigenvalue weighted by atomic mass is 35.5. The number of nitrogens with zero attached hydrogens (tertiary/aromatic N) is 2. The van der Waals surface area contributed by atoms with Gasteiger partial charge in [0.2, 0.25) is 0 Å². The third-order valence-corrected chi connectivity index (χ3v) is 2.46. The number of ketones is 1. The Hall–Kier alpha value is -2.01. The van der Waals surface area contributed by atoms with Gasteiger partial charge in [0.05, 0.1) is 5.02 Å². The number of cyclic esters (lactones) is 1. The molecular formula is C12H9ClN2O3. The quantitative estimate of drug-likeness (QED) is 0.466. The van der Waals surface area contributed by atoms with Crippen molar-refractivity contribution in [3.63, 3.8) is 0 Å². The molecule has 1 aliphatic rings. The fourth-order valence-electron chi connectivity index (χ4n) is 1.39. The average Bonchev–Trinajstić information content (AvgIpc) is 2.30. The summed E-state index contributed by atoms with van der Waals surface area (Å²) in [5.74, 6) is -1.32. The molecule has 0 amide bonds. The number of carbonyl (C=O) groups excluding carboxylic acids is 2. The minimum atomic E-state index is -1.01. The number of hydrogen-bond acceptors (Lipinski definition) is 5. The van der Waals surface area contributed by atoms with Crippen molar-refractivity contribution in [2.24, 2.45) is 10.9 Å². The van der Waals surface area contributed by atoms with Crippen LogP contribution in [0, 0.1) is 5.92 Å². The molecule has 1 aliphatic heterocycles. The van der Waals surface area contributed by atoms with Gasteiger partial charge in [-0.1, -0.05) is 11.6 Å². The van der Waals surface area contributed by atoms with Crippen LogP contribution in [0.5, 0.6) is 0 Å². The predicted octanol–water partition coefficient (Wildman–Crippen LogP) is 2.08. The van der Waals surface area contributed by atoms with Gasteiger partial charge in [-0.25, -0.2) is 9.98 Å². The highest BCUT2D eigenvalue weighted by Gasteiger charge is 2.29. The van der Waals surface area contributed by atoms with Crippen molar-refractivity contribution < 1.29 is 14.3 Å². The molecule has 0 aromatic carbocycles. The Morgan fingerprint density at radius 2 is 2.22 bits per heavy atom. The Balaban J connectivity index is 2.16. The third kappa shape index (κ3) is 2.81. The van der Waals surface area contributed by atoms with Crippen LogP contribution in [0.1, 0.15) is 6.92 Å². The second kappa shape index (κ2) is 5.10. The maximum absolute atomic E-state index is 11.6. The van der Waals surface area contributed by atoms with E-state index in [1.54, 1.807) is 19.1 Å². The summed E-state index contributed by atoms with van der Waals surface area (Å²) in [4.78, 5) is 30.9. The van der Waals surface area contributed by atoms with Crippen molar-refractivity contribution in [1.82, 2.24) is 4.98 Å². The van der Waals surface area contributed by atoms with Gasteiger partial charge in [0.15, 0.2) is 17.5 Å². The number of esters is 1. The molecule has 1 atom stereocenters. The lowest BCUT2D eigenvalue weighted by Crippen LogP contribution is -2.29. The van der Waals surface area contributed by atoms with E-state index in [1.165, 1.54) is 18.5 Å². The molecule has 2 rings (SSSR count). The van der Waals surface area contributed by atoms with E-state index in [4.69, 9.17) is 16.3 Å². The minimum Gasteiger partial charge on any atom is -0.430 e. The van der Waals surface area contributed by atoms with Crippen molar-refractivity contribution >= 4 is 35.4 Å². The standard InChI is InChI=1S/C12H9ClN2O3/c1-7-4-10(16)9(12(17)18-7)6-15-11-3-2-8(13)5-14-11/h2-6,9H,1H3. The van der Waals surface area contributed by atoms with E-state index in [0.717, 1.165) is 0 Å². The Labute approximate surface area is 108 Å². The van der Waals surface area contributed by atoms with Crippen LogP contribution in [0.3, 0.4) is 0 Å². The van der Waals surface area contributed by atoms with E-state index in [-0.39, 0.29) is 5.78 Å². The van der Waals surface area contributed by atoms with Gasteiger partial charge in [0.25, 0.3) is 0 Å². The highest BCUT2D eigenvalue weighted by Crippen LogP contribution is 2.16. The number of hydrogen-bond donors (Lipinski definition) is 0. The Kier molecular flexibility index (Phi) is 3.53. The molecule has 0 bridgehead atoms. The van der Waals surface area contributed by atoms with Gasteiger partial charge in [-0.2, -0.15) is 0 Å². The van der Waals surface area contributed by atoms with Crippen LogP contribution in [-0.2, 0) is 14.3 Å². The van der Waals surface area contributed by atoms with Crippen LogP contribution in [0.25, 0.3) is 0 Å². The summed E-state index contributed by atoms with van der Waals surface area (Å²) in [6.45, 7) is 1.55. The molecule has 2 heterocycles. The number of halogens is 1. The number of ether oxygens (including phenoxy) is 1. The monoisotopic (exact) mass is 264 g/mol. The smallest absolute Gasteiger partial charge is 0.327 e. The normalized spacial score (nSPS) is 19.9. The van der Waals surface area contributed by atoms with Gasteiger partial charge in [0, 0.05) is 18.5 Å². The second-order valence-electron chi connectivity index (χ2n) is 3.67. The maximum atomic E-state index is 11.6. The average molecular weight is 265 g/mol. The lowest BCUT2D eigenvalue weighted by molar-refractivity contribution is -0.145. The second-order valence-corrected chi connectivity index (χ2v) is 4.11. The van der Waals surface area contributed by atoms with Gasteiger partial charge in [-0.05, 0) is 19.1 Å². The van der Waals surface area contributed by atoms with Crippen molar-refractivity contribution in [3.8, 4) is 0 Å². The summed E-state index contributed by atoms with van der Waals surface area (Å²) >= 11 is 5.67. The molecule has 0 aliphatic carbocycles. The molecule has 18 heavy (non-hydrogen) atoms. The van der Waals surface area contributed by atoms with E-state index in [9.17, 15) is 9.59 Å². The van der Waals surface area contributed by atoms with E-state index in [0.29, 0.717) is 16.6 Å². The molecule has 5 nitrogen and oxygen atoms in total. The Morgan fingerprint density at radius 3 is 2.83 bits per heavy atom. The lowest BCUT2D eigenvalue weighted by atomic mass is 10.0. The molecule has 6 heteroatoms. The number of rotatable bonds is 2. The molecule has 0 saturated heterocycles. The summed E-state index contributed by atoms with van der Waals surface area (Å²) < 4.78 is 4.85. The first-order valence-corrected chi connectivity index (χ1v) is 5.53. The number of pyridine rings is 1. The van der Waals surface area contributed by atoms with Crippen molar-refractivity contribution in [3.05, 3.63) is 35.2 Å². The summed E-state index contributed by atoms with van der Waals surface area (Å²) in [5.41, 5.74) is 0. The first-order valence-electron chi connectivity index (χ1n) is 5.16. The SMILES string of the molecule is CC1=CC(=O)C(C=Nc2ccc(Cl)cn2)C(=O)O1. The van der Waals surface area contributed by atoms with Gasteiger partial charge in [0.1, 0.15) is 5.76 Å². The zero-order chi connectivity index (χ0) is 13.1. The zero-order valence-corrected chi connectivity index (χ0v) is 10.2. The Morgan fingerprint density at radius 1 is 1.44 bits per heavy atom. The van der Waals surface area contributed by atoms with E-state index >= 15 is 0 Å². The largest absolute Gasteiger partial charge is 0.430 e. The van der Waals surface area contributed by atoms with Gasteiger partial charge < -0.3 is 4.74 Å². The fraction of sp³-hybridized carbons (Fsp3) is 0.167. The maximum Gasteiger partial charge on any atom is 0.327 e. The van der Waals surface area contributed by atoms with Crippen molar-refractivity contribution in [2.75, 3.05) is 0 Å².